The van der Waals surface area contributed by atoms with E-state index in [1.165, 1.54) is 19.3 Å². The van der Waals surface area contributed by atoms with Gasteiger partial charge in [-0.2, -0.15) is 0 Å². The Labute approximate surface area is 201 Å². The zero-order valence-electron chi connectivity index (χ0n) is 18.4. The van der Waals surface area contributed by atoms with Crippen molar-refractivity contribution in [1.29, 1.82) is 0 Å². The number of nitrogens with one attached hydrogen (secondary N) is 2. The molecule has 1 aliphatic heterocycles. The SMILES string of the molecule is CCNC(=NCCCc1nnc2n1CCCCC2)NC(C)c1cc2ccccc2o1.I. The maximum absolute atomic E-state index is 5.98. The van der Waals surface area contributed by atoms with Crippen molar-refractivity contribution in [2.75, 3.05) is 13.1 Å². The van der Waals surface area contributed by atoms with Crippen molar-refractivity contribution in [2.45, 2.75) is 65.0 Å². The van der Waals surface area contributed by atoms with Crippen LogP contribution in [-0.4, -0.2) is 33.8 Å². The largest absolute Gasteiger partial charge is 0.459 e. The summed E-state index contributed by atoms with van der Waals surface area (Å²) in [5.41, 5.74) is 0.913. The fourth-order valence-electron chi connectivity index (χ4n) is 3.97. The molecule has 1 aromatic carbocycles. The van der Waals surface area contributed by atoms with Crippen LogP contribution in [0.2, 0.25) is 0 Å². The number of guanidine groups is 1. The Morgan fingerprint density at radius 2 is 2.10 bits per heavy atom. The lowest BCUT2D eigenvalue weighted by Gasteiger charge is -2.16. The monoisotopic (exact) mass is 536 g/mol. The van der Waals surface area contributed by atoms with E-state index in [9.17, 15) is 0 Å². The average molecular weight is 536 g/mol. The molecule has 1 atom stereocenters. The molecular weight excluding hydrogens is 503 g/mol. The van der Waals surface area contributed by atoms with Crippen LogP contribution < -0.4 is 10.6 Å². The second-order valence-corrected chi connectivity index (χ2v) is 7.91. The highest BCUT2D eigenvalue weighted by atomic mass is 127. The third-order valence-electron chi connectivity index (χ3n) is 5.58. The molecular formula is C23H33IN6O. The van der Waals surface area contributed by atoms with Gasteiger partial charge in [-0.05, 0) is 45.2 Å². The van der Waals surface area contributed by atoms with E-state index in [-0.39, 0.29) is 30.0 Å². The quantitative estimate of drug-likeness (QED) is 0.200. The number of aromatic nitrogens is 3. The third kappa shape index (κ3) is 5.99. The molecule has 0 amide bonds. The normalized spacial score (nSPS) is 15.1. The number of fused-ring (bicyclic) bond motifs is 2. The van der Waals surface area contributed by atoms with Gasteiger partial charge in [0.2, 0.25) is 0 Å². The van der Waals surface area contributed by atoms with E-state index < -0.39 is 0 Å². The van der Waals surface area contributed by atoms with E-state index in [4.69, 9.17) is 9.41 Å². The fourth-order valence-corrected chi connectivity index (χ4v) is 3.97. The zero-order valence-corrected chi connectivity index (χ0v) is 20.8. The summed E-state index contributed by atoms with van der Waals surface area (Å²) in [7, 11) is 0. The number of benzene rings is 1. The molecule has 0 bridgehead atoms. The Morgan fingerprint density at radius 1 is 1.23 bits per heavy atom. The number of nitrogens with zero attached hydrogens (tertiary/aromatic N) is 4. The molecule has 0 fully saturated rings. The van der Waals surface area contributed by atoms with Crippen molar-refractivity contribution in [3.05, 3.63) is 47.7 Å². The third-order valence-corrected chi connectivity index (χ3v) is 5.58. The standard InChI is InChI=1S/C23H32N6O.HI/c1-3-24-23(26-17(2)20-16-18-10-6-7-11-19(18)30-20)25-14-9-13-22-28-27-21-12-5-4-8-15-29(21)22;/h6-7,10-11,16-17H,3-5,8-9,12-15H2,1-2H3,(H2,24,25,26);1H. The first-order valence-electron chi connectivity index (χ1n) is 11.2. The molecule has 1 aliphatic rings. The molecule has 1 unspecified atom stereocenters. The van der Waals surface area contributed by atoms with E-state index in [1.54, 1.807) is 0 Å². The number of furan rings is 1. The van der Waals surface area contributed by atoms with Gasteiger partial charge in [-0.25, -0.2) is 0 Å². The molecule has 3 heterocycles. The van der Waals surface area contributed by atoms with Crippen molar-refractivity contribution < 1.29 is 4.42 Å². The highest BCUT2D eigenvalue weighted by molar-refractivity contribution is 14.0. The van der Waals surface area contributed by atoms with Gasteiger partial charge < -0.3 is 19.6 Å². The summed E-state index contributed by atoms with van der Waals surface area (Å²) in [6.07, 6.45) is 6.66. The number of hydrogen-bond donors (Lipinski definition) is 2. The van der Waals surface area contributed by atoms with Crippen molar-refractivity contribution in [3.63, 3.8) is 0 Å². The highest BCUT2D eigenvalue weighted by Crippen LogP contribution is 2.23. The number of halogens is 1. The van der Waals surface area contributed by atoms with E-state index in [1.807, 2.05) is 18.2 Å². The molecule has 7 nitrogen and oxygen atoms in total. The van der Waals surface area contributed by atoms with Gasteiger partial charge in [0, 0.05) is 37.9 Å². The maximum Gasteiger partial charge on any atom is 0.191 e. The van der Waals surface area contributed by atoms with Gasteiger partial charge in [-0.15, -0.1) is 34.2 Å². The van der Waals surface area contributed by atoms with E-state index in [0.29, 0.717) is 0 Å². The zero-order chi connectivity index (χ0) is 20.8. The Kier molecular flexibility index (Phi) is 8.74. The minimum Gasteiger partial charge on any atom is -0.459 e. The minimum atomic E-state index is 0. The first kappa shape index (κ1) is 23.6. The first-order valence-corrected chi connectivity index (χ1v) is 11.2. The van der Waals surface area contributed by atoms with E-state index >= 15 is 0 Å². The molecule has 3 aromatic rings. The Hall–Kier alpha value is -2.10. The number of aryl methyl sites for hydroxylation is 2. The number of rotatable bonds is 7. The number of aliphatic imine (C=N–C) groups is 1. The minimum absolute atomic E-state index is 0. The van der Waals surface area contributed by atoms with Crippen molar-refractivity contribution in [1.82, 2.24) is 25.4 Å². The van der Waals surface area contributed by atoms with E-state index in [0.717, 1.165) is 73.2 Å². The summed E-state index contributed by atoms with van der Waals surface area (Å²) in [6, 6.07) is 10.2. The molecule has 0 spiro atoms. The maximum atomic E-state index is 5.98. The van der Waals surface area contributed by atoms with E-state index in [2.05, 4.69) is 51.4 Å². The highest BCUT2D eigenvalue weighted by Gasteiger charge is 2.15. The molecule has 2 aromatic heterocycles. The molecule has 31 heavy (non-hydrogen) atoms. The van der Waals surface area contributed by atoms with Crippen LogP contribution in [0.25, 0.3) is 11.0 Å². The lowest BCUT2D eigenvalue weighted by Crippen LogP contribution is -2.38. The predicted octanol–water partition coefficient (Wildman–Crippen LogP) is 4.62. The summed E-state index contributed by atoms with van der Waals surface area (Å²) >= 11 is 0. The van der Waals surface area contributed by atoms with Crippen LogP contribution >= 0.6 is 24.0 Å². The second kappa shape index (κ2) is 11.5. The lowest BCUT2D eigenvalue weighted by atomic mass is 10.2. The number of para-hydroxylation sites is 1. The van der Waals surface area contributed by atoms with Gasteiger partial charge in [0.15, 0.2) is 5.96 Å². The van der Waals surface area contributed by atoms with Gasteiger partial charge in [-0.3, -0.25) is 4.99 Å². The summed E-state index contributed by atoms with van der Waals surface area (Å²) < 4.78 is 8.31. The molecule has 8 heteroatoms. The Balaban J connectivity index is 0.00000272. The molecule has 0 aliphatic carbocycles. The van der Waals surface area contributed by atoms with Crippen LogP contribution in [0, 0.1) is 0 Å². The van der Waals surface area contributed by atoms with Crippen LogP contribution in [-0.2, 0) is 19.4 Å². The summed E-state index contributed by atoms with van der Waals surface area (Å²) in [5, 5.41) is 16.7. The van der Waals surface area contributed by atoms with Crippen LogP contribution in [0.15, 0.2) is 39.7 Å². The van der Waals surface area contributed by atoms with Gasteiger partial charge in [0.1, 0.15) is 23.0 Å². The van der Waals surface area contributed by atoms with Gasteiger partial charge in [-0.1, -0.05) is 24.6 Å². The Morgan fingerprint density at radius 3 is 2.94 bits per heavy atom. The van der Waals surface area contributed by atoms with Crippen LogP contribution in [0.3, 0.4) is 0 Å². The smallest absolute Gasteiger partial charge is 0.191 e. The molecule has 0 saturated carbocycles. The van der Waals surface area contributed by atoms with Gasteiger partial charge >= 0.3 is 0 Å². The molecule has 4 rings (SSSR count). The second-order valence-electron chi connectivity index (χ2n) is 7.91. The average Bonchev–Trinajstić information content (AvgIpc) is 3.28. The van der Waals surface area contributed by atoms with Crippen molar-refractivity contribution in [3.8, 4) is 0 Å². The predicted molar refractivity (Wildman–Crippen MR) is 135 cm³/mol. The van der Waals surface area contributed by atoms with Gasteiger partial charge in [0.25, 0.3) is 0 Å². The van der Waals surface area contributed by atoms with Crippen LogP contribution in [0.1, 0.15) is 63.0 Å². The topological polar surface area (TPSA) is 80.3 Å². The fraction of sp³-hybridized carbons (Fsp3) is 0.522. The summed E-state index contributed by atoms with van der Waals surface area (Å²) in [4.78, 5) is 4.76. The van der Waals surface area contributed by atoms with Crippen molar-refractivity contribution in [2.24, 2.45) is 4.99 Å². The molecule has 2 N–H and O–H groups in total. The first-order chi connectivity index (χ1) is 14.7. The summed E-state index contributed by atoms with van der Waals surface area (Å²) in [6.45, 7) is 6.78. The molecule has 0 saturated heterocycles. The van der Waals surface area contributed by atoms with Crippen LogP contribution in [0.4, 0.5) is 0 Å². The molecule has 168 valence electrons. The number of hydrogen-bond acceptors (Lipinski definition) is 4. The van der Waals surface area contributed by atoms with Crippen molar-refractivity contribution >= 4 is 40.9 Å². The lowest BCUT2D eigenvalue weighted by molar-refractivity contribution is 0.488. The molecule has 0 radical (unpaired) electrons. The van der Waals surface area contributed by atoms with Crippen LogP contribution in [0.5, 0.6) is 0 Å². The summed E-state index contributed by atoms with van der Waals surface area (Å²) in [5.74, 6) is 3.98. The van der Waals surface area contributed by atoms with Gasteiger partial charge in [0.05, 0.1) is 6.04 Å². The Bertz CT molecular complexity index is 962.